The van der Waals surface area contributed by atoms with Gasteiger partial charge < -0.3 is 4.57 Å². The number of unbranched alkanes of at least 4 members (excludes halogenated alkanes) is 2. The number of para-hydroxylation sites is 1. The molecule has 0 saturated carbocycles. The first-order chi connectivity index (χ1) is 14.3. The van der Waals surface area contributed by atoms with Crippen LogP contribution in [-0.2, 0) is 6.18 Å². The molecule has 2 aromatic carbocycles. The van der Waals surface area contributed by atoms with Crippen molar-refractivity contribution in [3.05, 3.63) is 65.6 Å². The van der Waals surface area contributed by atoms with E-state index >= 15 is 0 Å². The zero-order chi connectivity index (χ0) is 21.7. The van der Waals surface area contributed by atoms with Crippen LogP contribution in [0.3, 0.4) is 0 Å². The first kappa shape index (κ1) is 22.1. The summed E-state index contributed by atoms with van der Waals surface area (Å²) >= 11 is 0. The fourth-order valence-corrected chi connectivity index (χ4v) is 3.56. The second kappa shape index (κ2) is 9.45. The van der Waals surface area contributed by atoms with Gasteiger partial charge in [0.25, 0.3) is 0 Å². The molecular formula is C24H27F4N2+. The van der Waals surface area contributed by atoms with Gasteiger partial charge in [-0.3, -0.25) is 0 Å². The van der Waals surface area contributed by atoms with Crippen LogP contribution in [0.4, 0.5) is 17.6 Å². The minimum Gasteiger partial charge on any atom is -0.316 e. The summed E-state index contributed by atoms with van der Waals surface area (Å²) in [7, 11) is 0. The third-order valence-corrected chi connectivity index (χ3v) is 5.15. The maximum Gasteiger partial charge on any atom is 0.416 e. The van der Waals surface area contributed by atoms with Gasteiger partial charge in [0.05, 0.1) is 16.6 Å². The van der Waals surface area contributed by atoms with Gasteiger partial charge in [-0.25, -0.2) is 8.97 Å². The zero-order valence-corrected chi connectivity index (χ0v) is 17.3. The molecular weight excluding hydrogens is 392 g/mol. The van der Waals surface area contributed by atoms with Crippen molar-refractivity contribution in [1.82, 2.24) is 4.57 Å². The Hall–Kier alpha value is -2.63. The number of nitrogens with zero attached hydrogens (tertiary/aromatic N) is 2. The Kier molecular flexibility index (Phi) is 6.95. The van der Waals surface area contributed by atoms with Crippen molar-refractivity contribution < 1.29 is 22.1 Å². The average molecular weight is 419 g/mol. The van der Waals surface area contributed by atoms with E-state index in [0.29, 0.717) is 6.07 Å². The first-order valence-corrected chi connectivity index (χ1v) is 10.4. The molecule has 0 spiro atoms. The van der Waals surface area contributed by atoms with Crippen LogP contribution in [0, 0.1) is 5.82 Å². The fourth-order valence-electron chi connectivity index (χ4n) is 3.56. The summed E-state index contributed by atoms with van der Waals surface area (Å²) in [6.07, 6.45) is 3.57. The van der Waals surface area contributed by atoms with E-state index in [9.17, 15) is 17.6 Å². The maximum atomic E-state index is 14.0. The summed E-state index contributed by atoms with van der Waals surface area (Å²) in [4.78, 5) is 0. The normalized spacial score (nSPS) is 11.8. The molecule has 30 heavy (non-hydrogen) atoms. The SMILES string of the molecule is CCCC[N+](=Cc1cn(-c2cc(F)cc(C(F)(F)F)c2)c2ccccc12)CCCC. The lowest BCUT2D eigenvalue weighted by Crippen LogP contribution is -2.16. The molecule has 160 valence electrons. The number of hydrogen-bond donors (Lipinski definition) is 0. The van der Waals surface area contributed by atoms with E-state index in [4.69, 9.17) is 0 Å². The summed E-state index contributed by atoms with van der Waals surface area (Å²) in [5.41, 5.74) is 0.823. The maximum absolute atomic E-state index is 14.0. The highest BCUT2D eigenvalue weighted by Crippen LogP contribution is 2.32. The Balaban J connectivity index is 2.13. The number of rotatable bonds is 8. The molecule has 0 saturated heterocycles. The Morgan fingerprint density at radius 1 is 0.967 bits per heavy atom. The monoisotopic (exact) mass is 419 g/mol. The zero-order valence-electron chi connectivity index (χ0n) is 17.3. The molecule has 0 atom stereocenters. The van der Waals surface area contributed by atoms with E-state index in [1.165, 1.54) is 0 Å². The lowest BCUT2D eigenvalue weighted by Gasteiger charge is -2.11. The Bertz CT molecular complexity index is 1020. The molecule has 0 unspecified atom stereocenters. The standard InChI is InChI=1S/C24H27F4N2/c1-3-5-11-29(12-6-4-2)16-18-17-30(23-10-8-7-9-22(18)23)21-14-19(24(26,27)28)13-20(25)15-21/h7-10,13-17H,3-6,11-12H2,1-2H3/q+1. The second-order valence-corrected chi connectivity index (χ2v) is 7.54. The van der Waals surface area contributed by atoms with Crippen molar-refractivity contribution in [2.45, 2.75) is 45.7 Å². The average Bonchev–Trinajstić information content (AvgIpc) is 3.07. The largest absolute Gasteiger partial charge is 0.416 e. The molecule has 0 radical (unpaired) electrons. The van der Waals surface area contributed by atoms with Crippen LogP contribution in [0.1, 0.15) is 50.7 Å². The summed E-state index contributed by atoms with van der Waals surface area (Å²) < 4.78 is 57.5. The topological polar surface area (TPSA) is 7.94 Å². The van der Waals surface area contributed by atoms with Gasteiger partial charge in [0.1, 0.15) is 18.9 Å². The molecule has 0 aliphatic carbocycles. The number of aromatic nitrogens is 1. The van der Waals surface area contributed by atoms with Crippen molar-refractivity contribution in [2.24, 2.45) is 0 Å². The summed E-state index contributed by atoms with van der Waals surface area (Å²) in [5, 5.41) is 0.924. The molecule has 1 aromatic heterocycles. The van der Waals surface area contributed by atoms with E-state index in [1.54, 1.807) is 10.8 Å². The third kappa shape index (κ3) is 5.10. The highest BCUT2D eigenvalue weighted by Gasteiger charge is 2.31. The minimum absolute atomic E-state index is 0.159. The van der Waals surface area contributed by atoms with Crippen molar-refractivity contribution in [3.63, 3.8) is 0 Å². The molecule has 0 aliphatic heterocycles. The highest BCUT2D eigenvalue weighted by molar-refractivity contribution is 5.98. The molecule has 0 N–H and O–H groups in total. The Labute approximate surface area is 174 Å². The van der Waals surface area contributed by atoms with Gasteiger partial charge in [-0.2, -0.15) is 13.2 Å². The quantitative estimate of drug-likeness (QED) is 0.215. The van der Waals surface area contributed by atoms with Gasteiger partial charge >= 0.3 is 6.18 Å². The van der Waals surface area contributed by atoms with Gasteiger partial charge in [0.2, 0.25) is 0 Å². The van der Waals surface area contributed by atoms with Crippen molar-refractivity contribution >= 4 is 17.1 Å². The van der Waals surface area contributed by atoms with Crippen LogP contribution >= 0.6 is 0 Å². The van der Waals surface area contributed by atoms with Crippen LogP contribution in [0.15, 0.2) is 48.7 Å². The van der Waals surface area contributed by atoms with Crippen LogP contribution < -0.4 is 0 Å². The van der Waals surface area contributed by atoms with E-state index < -0.39 is 17.6 Å². The summed E-state index contributed by atoms with van der Waals surface area (Å²) in [6, 6.07) is 10.2. The van der Waals surface area contributed by atoms with Crippen LogP contribution in [0.25, 0.3) is 16.6 Å². The molecule has 6 heteroatoms. The fraction of sp³-hybridized carbons (Fsp3) is 0.375. The van der Waals surface area contributed by atoms with E-state index in [1.807, 2.05) is 24.3 Å². The summed E-state index contributed by atoms with van der Waals surface area (Å²) in [6.45, 7) is 6.14. The molecule has 0 fully saturated rings. The number of hydrogen-bond acceptors (Lipinski definition) is 0. The Morgan fingerprint density at radius 2 is 1.63 bits per heavy atom. The molecule has 3 rings (SSSR count). The molecule has 3 aromatic rings. The predicted octanol–water partition coefficient (Wildman–Crippen LogP) is 6.82. The third-order valence-electron chi connectivity index (χ3n) is 5.15. The van der Waals surface area contributed by atoms with E-state index in [-0.39, 0.29) is 5.69 Å². The van der Waals surface area contributed by atoms with E-state index in [0.717, 1.165) is 67.4 Å². The number of halogens is 4. The summed E-state index contributed by atoms with van der Waals surface area (Å²) in [5.74, 6) is -0.907. The molecule has 1 heterocycles. The van der Waals surface area contributed by atoms with E-state index in [2.05, 4.69) is 24.6 Å². The Morgan fingerprint density at radius 3 is 2.27 bits per heavy atom. The minimum atomic E-state index is -4.61. The van der Waals surface area contributed by atoms with Gasteiger partial charge in [-0.15, -0.1) is 0 Å². The van der Waals surface area contributed by atoms with Gasteiger partial charge in [-0.05, 0) is 24.3 Å². The number of alkyl halides is 3. The van der Waals surface area contributed by atoms with Gasteiger partial charge in [-0.1, -0.05) is 44.9 Å². The van der Waals surface area contributed by atoms with Gasteiger partial charge in [0, 0.05) is 30.1 Å². The van der Waals surface area contributed by atoms with Gasteiger partial charge in [0.15, 0.2) is 6.21 Å². The molecule has 2 nitrogen and oxygen atoms in total. The predicted molar refractivity (Wildman–Crippen MR) is 113 cm³/mol. The van der Waals surface area contributed by atoms with Crippen LogP contribution in [-0.4, -0.2) is 28.4 Å². The smallest absolute Gasteiger partial charge is 0.316 e. The number of benzene rings is 2. The van der Waals surface area contributed by atoms with Crippen LogP contribution in [0.5, 0.6) is 0 Å². The number of fused-ring (bicyclic) bond motifs is 1. The molecule has 0 bridgehead atoms. The first-order valence-electron chi connectivity index (χ1n) is 10.4. The van der Waals surface area contributed by atoms with Crippen molar-refractivity contribution in [1.29, 1.82) is 0 Å². The van der Waals surface area contributed by atoms with Crippen LogP contribution in [0.2, 0.25) is 0 Å². The highest BCUT2D eigenvalue weighted by atomic mass is 19.4. The molecule has 0 aliphatic rings. The van der Waals surface area contributed by atoms with Crippen molar-refractivity contribution in [2.75, 3.05) is 13.1 Å². The lowest BCUT2D eigenvalue weighted by atomic mass is 10.1. The second-order valence-electron chi connectivity index (χ2n) is 7.54. The van der Waals surface area contributed by atoms with Crippen molar-refractivity contribution in [3.8, 4) is 5.69 Å². The lowest BCUT2D eigenvalue weighted by molar-refractivity contribution is -0.524. The molecule has 0 amide bonds.